The summed E-state index contributed by atoms with van der Waals surface area (Å²) in [5, 5.41) is 11.9. The highest BCUT2D eigenvalue weighted by Crippen LogP contribution is 2.19. The molecular formula is C11H13ClN2O4. The number of carbonyl (C=O) groups is 2. The number of esters is 1. The van der Waals surface area contributed by atoms with Gasteiger partial charge in [-0.2, -0.15) is 0 Å². The van der Waals surface area contributed by atoms with Gasteiger partial charge in [0.1, 0.15) is 0 Å². The molecule has 4 N–H and O–H groups in total. The number of amides is 1. The lowest BCUT2D eigenvalue weighted by Gasteiger charge is -2.10. The van der Waals surface area contributed by atoms with E-state index in [0.29, 0.717) is 5.69 Å². The number of carbonyl (C=O) groups excluding carboxylic acids is 2. The van der Waals surface area contributed by atoms with Crippen molar-refractivity contribution in [3.05, 3.63) is 28.8 Å². The molecule has 1 rings (SSSR count). The Labute approximate surface area is 109 Å². The van der Waals surface area contributed by atoms with Crippen molar-refractivity contribution in [2.45, 2.75) is 6.10 Å². The second kappa shape index (κ2) is 6.23. The number of hydrogen-bond acceptors (Lipinski definition) is 5. The van der Waals surface area contributed by atoms with Gasteiger partial charge < -0.3 is 20.9 Å². The van der Waals surface area contributed by atoms with Gasteiger partial charge in [0, 0.05) is 5.56 Å². The number of aliphatic hydroxyl groups excluding tert-OH is 1. The number of halogens is 1. The number of benzene rings is 1. The molecule has 0 radical (unpaired) electrons. The number of nitrogens with two attached hydrogens (primary N) is 1. The van der Waals surface area contributed by atoms with E-state index in [4.69, 9.17) is 17.3 Å². The Bertz CT molecular complexity index is 464. The summed E-state index contributed by atoms with van der Waals surface area (Å²) in [6.45, 7) is -0.243. The monoisotopic (exact) mass is 272 g/mol. The van der Waals surface area contributed by atoms with Crippen molar-refractivity contribution in [3.63, 3.8) is 0 Å². The summed E-state index contributed by atoms with van der Waals surface area (Å²) in [5.41, 5.74) is 6.15. The number of nitrogens with one attached hydrogen (secondary N) is 1. The molecule has 0 fully saturated rings. The molecular weight excluding hydrogens is 260 g/mol. The van der Waals surface area contributed by atoms with Crippen LogP contribution in [0.5, 0.6) is 0 Å². The summed E-state index contributed by atoms with van der Waals surface area (Å²) in [6.07, 6.45) is -1.40. The highest BCUT2D eigenvalue weighted by Gasteiger charge is 2.16. The normalized spacial score (nSPS) is 11.7. The van der Waals surface area contributed by atoms with E-state index in [1.165, 1.54) is 18.2 Å². The van der Waals surface area contributed by atoms with Crippen LogP contribution in [0.3, 0.4) is 0 Å². The second-order valence-electron chi connectivity index (χ2n) is 3.49. The SMILES string of the molecule is COC(=O)C(O)CNC(=O)c1ccc(N)c(Cl)c1. The number of anilines is 1. The molecule has 0 saturated heterocycles. The van der Waals surface area contributed by atoms with Crippen LogP contribution in [0, 0.1) is 0 Å². The maximum absolute atomic E-state index is 11.6. The van der Waals surface area contributed by atoms with Crippen LogP contribution in [0.4, 0.5) is 5.69 Å². The smallest absolute Gasteiger partial charge is 0.336 e. The molecule has 0 saturated carbocycles. The van der Waals surface area contributed by atoms with Crippen LogP contribution in [0.2, 0.25) is 5.02 Å². The van der Waals surface area contributed by atoms with Crippen molar-refractivity contribution in [2.75, 3.05) is 19.4 Å². The van der Waals surface area contributed by atoms with Crippen LogP contribution in [0.1, 0.15) is 10.4 Å². The zero-order valence-corrected chi connectivity index (χ0v) is 10.4. The van der Waals surface area contributed by atoms with Gasteiger partial charge in [-0.15, -0.1) is 0 Å². The molecule has 0 heterocycles. The molecule has 6 nitrogen and oxygen atoms in total. The van der Waals surface area contributed by atoms with Crippen LogP contribution < -0.4 is 11.1 Å². The Morgan fingerprint density at radius 3 is 2.78 bits per heavy atom. The summed E-state index contributed by atoms with van der Waals surface area (Å²) in [4.78, 5) is 22.5. The maximum Gasteiger partial charge on any atom is 0.336 e. The Kier molecular flexibility index (Phi) is 4.94. The molecule has 0 bridgehead atoms. The van der Waals surface area contributed by atoms with Crippen molar-refractivity contribution < 1.29 is 19.4 Å². The molecule has 1 aromatic carbocycles. The van der Waals surface area contributed by atoms with Gasteiger partial charge in [0.2, 0.25) is 0 Å². The van der Waals surface area contributed by atoms with Gasteiger partial charge in [-0.05, 0) is 18.2 Å². The van der Waals surface area contributed by atoms with Gasteiger partial charge >= 0.3 is 5.97 Å². The topological polar surface area (TPSA) is 102 Å². The Balaban J connectivity index is 2.60. The van der Waals surface area contributed by atoms with Crippen LogP contribution in [0.15, 0.2) is 18.2 Å². The number of methoxy groups -OCH3 is 1. The second-order valence-corrected chi connectivity index (χ2v) is 3.89. The van der Waals surface area contributed by atoms with Gasteiger partial charge in [-0.25, -0.2) is 4.79 Å². The quantitative estimate of drug-likeness (QED) is 0.536. The zero-order valence-electron chi connectivity index (χ0n) is 9.64. The lowest BCUT2D eigenvalue weighted by Crippen LogP contribution is -2.37. The number of aliphatic hydroxyl groups is 1. The van der Waals surface area contributed by atoms with Crippen molar-refractivity contribution in [1.29, 1.82) is 0 Å². The first-order chi connectivity index (χ1) is 8.45. The lowest BCUT2D eigenvalue weighted by atomic mass is 10.2. The Morgan fingerprint density at radius 1 is 1.56 bits per heavy atom. The molecule has 0 aromatic heterocycles. The van der Waals surface area contributed by atoms with Crippen LogP contribution in [-0.4, -0.2) is 36.7 Å². The van der Waals surface area contributed by atoms with E-state index in [2.05, 4.69) is 10.1 Å². The average molecular weight is 273 g/mol. The lowest BCUT2D eigenvalue weighted by molar-refractivity contribution is -0.149. The summed E-state index contributed by atoms with van der Waals surface area (Å²) >= 11 is 5.77. The molecule has 1 unspecified atom stereocenters. The van der Waals surface area contributed by atoms with Crippen molar-refractivity contribution in [1.82, 2.24) is 5.32 Å². The third kappa shape index (κ3) is 3.61. The van der Waals surface area contributed by atoms with E-state index in [9.17, 15) is 14.7 Å². The zero-order chi connectivity index (χ0) is 13.7. The standard InChI is InChI=1S/C11H13ClN2O4/c1-18-11(17)9(15)5-14-10(16)6-2-3-8(13)7(12)4-6/h2-4,9,15H,5,13H2,1H3,(H,14,16). The van der Waals surface area contributed by atoms with E-state index < -0.39 is 18.0 Å². The first kappa shape index (κ1) is 14.3. The summed E-state index contributed by atoms with van der Waals surface area (Å²) < 4.78 is 4.31. The number of nitrogen functional groups attached to an aromatic ring is 1. The minimum absolute atomic E-state index is 0.243. The van der Waals surface area contributed by atoms with Crippen molar-refractivity contribution >= 4 is 29.2 Å². The molecule has 7 heteroatoms. The summed E-state index contributed by atoms with van der Waals surface area (Å²) in [5.74, 6) is -1.29. The van der Waals surface area contributed by atoms with Gasteiger partial charge in [0.05, 0.1) is 24.4 Å². The fourth-order valence-corrected chi connectivity index (χ4v) is 1.36. The number of rotatable bonds is 4. The molecule has 0 aliphatic heterocycles. The maximum atomic E-state index is 11.6. The molecule has 0 aliphatic carbocycles. The van der Waals surface area contributed by atoms with Crippen LogP contribution in [-0.2, 0) is 9.53 Å². The third-order valence-corrected chi connectivity index (χ3v) is 2.52. The molecule has 1 aromatic rings. The summed E-state index contributed by atoms with van der Waals surface area (Å²) in [6, 6.07) is 4.38. The molecule has 0 aliphatic rings. The average Bonchev–Trinajstić information content (AvgIpc) is 2.37. The molecule has 1 atom stereocenters. The fourth-order valence-electron chi connectivity index (χ4n) is 1.18. The van der Waals surface area contributed by atoms with Gasteiger partial charge in [0.15, 0.2) is 6.10 Å². The highest BCUT2D eigenvalue weighted by atomic mass is 35.5. The van der Waals surface area contributed by atoms with Gasteiger partial charge in [-0.1, -0.05) is 11.6 Å². The number of hydrogen-bond donors (Lipinski definition) is 3. The van der Waals surface area contributed by atoms with Crippen molar-refractivity contribution in [3.8, 4) is 0 Å². The van der Waals surface area contributed by atoms with Crippen LogP contribution in [0.25, 0.3) is 0 Å². The first-order valence-electron chi connectivity index (χ1n) is 5.04. The third-order valence-electron chi connectivity index (χ3n) is 2.19. The number of ether oxygens (including phenoxy) is 1. The summed E-state index contributed by atoms with van der Waals surface area (Å²) in [7, 11) is 1.15. The van der Waals surface area contributed by atoms with E-state index in [1.54, 1.807) is 0 Å². The van der Waals surface area contributed by atoms with Crippen LogP contribution >= 0.6 is 11.6 Å². The molecule has 98 valence electrons. The predicted octanol–water partition coefficient (Wildman–Crippen LogP) is 0.186. The van der Waals surface area contributed by atoms with Gasteiger partial charge in [0.25, 0.3) is 5.91 Å². The minimum atomic E-state index is -1.40. The molecule has 18 heavy (non-hydrogen) atoms. The van der Waals surface area contributed by atoms with Gasteiger partial charge in [-0.3, -0.25) is 4.79 Å². The Hall–Kier alpha value is -1.79. The molecule has 1 amide bonds. The fraction of sp³-hybridized carbons (Fsp3) is 0.273. The minimum Gasteiger partial charge on any atom is -0.467 e. The predicted molar refractivity (Wildman–Crippen MR) is 66.2 cm³/mol. The molecule has 0 spiro atoms. The Morgan fingerprint density at radius 2 is 2.22 bits per heavy atom. The van der Waals surface area contributed by atoms with E-state index in [1.807, 2.05) is 0 Å². The highest BCUT2D eigenvalue weighted by molar-refractivity contribution is 6.33. The van der Waals surface area contributed by atoms with E-state index >= 15 is 0 Å². The first-order valence-corrected chi connectivity index (χ1v) is 5.42. The van der Waals surface area contributed by atoms with Crippen molar-refractivity contribution in [2.24, 2.45) is 0 Å². The largest absolute Gasteiger partial charge is 0.467 e. The van der Waals surface area contributed by atoms with E-state index in [0.717, 1.165) is 7.11 Å². The van der Waals surface area contributed by atoms with E-state index in [-0.39, 0.29) is 17.1 Å².